The number of aromatic nitrogens is 2. The Morgan fingerprint density at radius 1 is 1.21 bits per heavy atom. The largest absolute Gasteiger partial charge is 0.490 e. The zero-order valence-electron chi connectivity index (χ0n) is 22.9. The van der Waals surface area contributed by atoms with Crippen molar-refractivity contribution in [1.29, 1.82) is 0 Å². The third-order valence-electron chi connectivity index (χ3n) is 7.87. The fourth-order valence-corrected chi connectivity index (χ4v) is 5.17. The van der Waals surface area contributed by atoms with Gasteiger partial charge in [-0.25, -0.2) is 14.8 Å². The first-order chi connectivity index (χ1) is 18.2. The highest BCUT2D eigenvalue weighted by Gasteiger charge is 2.29. The van der Waals surface area contributed by atoms with Crippen LogP contribution in [0.3, 0.4) is 0 Å². The molecule has 3 aliphatic rings. The van der Waals surface area contributed by atoms with E-state index in [-0.39, 0.29) is 23.9 Å². The normalized spacial score (nSPS) is 23.1. The summed E-state index contributed by atoms with van der Waals surface area (Å²) in [6.07, 6.45) is 9.67. The fraction of sp³-hybridized carbons (Fsp3) is 0.667. The predicted molar refractivity (Wildman–Crippen MR) is 147 cm³/mol. The number of piperidine rings is 1. The van der Waals surface area contributed by atoms with Crippen molar-refractivity contribution >= 4 is 23.7 Å². The lowest BCUT2D eigenvalue weighted by atomic mass is 9.84. The van der Waals surface area contributed by atoms with Gasteiger partial charge >= 0.3 is 6.03 Å². The van der Waals surface area contributed by atoms with Gasteiger partial charge in [0.15, 0.2) is 5.75 Å². The lowest BCUT2D eigenvalue weighted by Crippen LogP contribution is -2.39. The quantitative estimate of drug-likeness (QED) is 0.388. The Morgan fingerprint density at radius 3 is 2.55 bits per heavy atom. The summed E-state index contributed by atoms with van der Waals surface area (Å²) in [6.45, 7) is 10.1. The van der Waals surface area contributed by atoms with Crippen LogP contribution in [0, 0.1) is 17.8 Å². The van der Waals surface area contributed by atoms with Gasteiger partial charge in [-0.15, -0.1) is 0 Å². The van der Waals surface area contributed by atoms with Crippen LogP contribution < -0.4 is 21.1 Å². The van der Waals surface area contributed by atoms with E-state index in [9.17, 15) is 9.59 Å². The molecule has 0 bridgehead atoms. The highest BCUT2D eigenvalue weighted by Crippen LogP contribution is 2.28. The molecule has 11 nitrogen and oxygen atoms in total. The average Bonchev–Trinajstić information content (AvgIpc) is 3.49. The first-order valence-electron chi connectivity index (χ1n) is 13.8. The summed E-state index contributed by atoms with van der Waals surface area (Å²) < 4.78 is 5.93. The number of amidine groups is 1. The first kappa shape index (κ1) is 27.8. The lowest BCUT2D eigenvalue weighted by Gasteiger charge is -2.34. The van der Waals surface area contributed by atoms with E-state index in [0.29, 0.717) is 68.6 Å². The molecule has 3 fully saturated rings. The molecular weight excluding hydrogens is 484 g/mol. The van der Waals surface area contributed by atoms with Gasteiger partial charge in [0, 0.05) is 57.3 Å². The number of ether oxygens (including phenoxy) is 1. The molecule has 38 heavy (non-hydrogen) atoms. The number of hydrogen-bond donors (Lipinski definition) is 2. The highest BCUT2D eigenvalue weighted by molar-refractivity contribution is 5.93. The van der Waals surface area contributed by atoms with Crippen molar-refractivity contribution in [2.45, 2.75) is 58.9 Å². The van der Waals surface area contributed by atoms with Gasteiger partial charge in [-0.1, -0.05) is 20.8 Å². The van der Waals surface area contributed by atoms with Crippen LogP contribution in [-0.4, -0.2) is 82.9 Å². The number of anilines is 1. The topological polar surface area (TPSA) is 143 Å². The number of urea groups is 1. The van der Waals surface area contributed by atoms with Crippen LogP contribution in [0.25, 0.3) is 0 Å². The molecule has 3 aliphatic heterocycles. The van der Waals surface area contributed by atoms with Crippen molar-refractivity contribution < 1.29 is 14.3 Å². The summed E-state index contributed by atoms with van der Waals surface area (Å²) in [7, 11) is 0. The van der Waals surface area contributed by atoms with Crippen LogP contribution in [0.5, 0.6) is 5.75 Å². The average molecular weight is 527 g/mol. The van der Waals surface area contributed by atoms with Crippen LogP contribution in [0.15, 0.2) is 29.2 Å². The SMILES string of the molecule is CC(C)C(N)=NC(=O)N1CCC(C(C)CCOc2cnc(N3CC(=CN4CCCC4=O)C(N)C3)nc2)CC1. The Balaban J connectivity index is 1.19. The van der Waals surface area contributed by atoms with E-state index in [4.69, 9.17) is 16.2 Å². The minimum Gasteiger partial charge on any atom is -0.490 e. The number of carbonyl (C=O) groups excluding carboxylic acids is 2. The summed E-state index contributed by atoms with van der Waals surface area (Å²) in [4.78, 5) is 42.9. The van der Waals surface area contributed by atoms with Gasteiger partial charge in [0.2, 0.25) is 11.9 Å². The van der Waals surface area contributed by atoms with Gasteiger partial charge < -0.3 is 30.9 Å². The van der Waals surface area contributed by atoms with Crippen molar-refractivity contribution in [1.82, 2.24) is 19.8 Å². The van der Waals surface area contributed by atoms with E-state index in [1.54, 1.807) is 22.2 Å². The molecule has 3 saturated heterocycles. The van der Waals surface area contributed by atoms with Gasteiger partial charge in [0.25, 0.3) is 0 Å². The van der Waals surface area contributed by atoms with Crippen LogP contribution in [0.1, 0.15) is 52.9 Å². The Kier molecular flexibility index (Phi) is 9.19. The molecule has 1 aromatic rings. The van der Waals surface area contributed by atoms with Crippen molar-refractivity contribution in [3.63, 3.8) is 0 Å². The predicted octanol–water partition coefficient (Wildman–Crippen LogP) is 2.38. The number of nitrogens with zero attached hydrogens (tertiary/aromatic N) is 6. The number of nitrogens with two attached hydrogens (primary N) is 2. The Hall–Kier alpha value is -3.21. The maximum Gasteiger partial charge on any atom is 0.345 e. The summed E-state index contributed by atoms with van der Waals surface area (Å²) in [5.74, 6) is 2.90. The maximum atomic E-state index is 12.3. The first-order valence-corrected chi connectivity index (χ1v) is 13.8. The van der Waals surface area contributed by atoms with Gasteiger partial charge in [-0.3, -0.25) is 4.79 Å². The molecule has 0 saturated carbocycles. The molecule has 4 heterocycles. The Labute approximate surface area is 225 Å². The van der Waals surface area contributed by atoms with Crippen molar-refractivity contribution in [3.8, 4) is 5.75 Å². The van der Waals surface area contributed by atoms with Gasteiger partial charge in [0.05, 0.1) is 19.0 Å². The second-order valence-corrected chi connectivity index (χ2v) is 11.0. The van der Waals surface area contributed by atoms with Crippen LogP contribution in [0.2, 0.25) is 0 Å². The van der Waals surface area contributed by atoms with Crippen LogP contribution in [-0.2, 0) is 4.79 Å². The molecule has 3 amide bonds. The Morgan fingerprint density at radius 2 is 1.92 bits per heavy atom. The molecule has 0 radical (unpaired) electrons. The number of amides is 3. The second-order valence-electron chi connectivity index (χ2n) is 11.0. The van der Waals surface area contributed by atoms with E-state index >= 15 is 0 Å². The van der Waals surface area contributed by atoms with Crippen molar-refractivity contribution in [2.75, 3.05) is 44.2 Å². The number of rotatable bonds is 8. The summed E-state index contributed by atoms with van der Waals surface area (Å²) in [5, 5.41) is 0. The molecule has 0 aromatic carbocycles. The second kappa shape index (κ2) is 12.6. The van der Waals surface area contributed by atoms with E-state index < -0.39 is 0 Å². The molecular formula is C27H42N8O3. The minimum atomic E-state index is -0.223. The highest BCUT2D eigenvalue weighted by atomic mass is 16.5. The Bertz CT molecular complexity index is 1030. The van der Waals surface area contributed by atoms with E-state index in [1.807, 2.05) is 24.9 Å². The van der Waals surface area contributed by atoms with Gasteiger partial charge in [-0.2, -0.15) is 4.99 Å². The van der Waals surface area contributed by atoms with Gasteiger partial charge in [0.1, 0.15) is 5.84 Å². The number of aliphatic imine (C=N–C) groups is 1. The monoisotopic (exact) mass is 526 g/mol. The molecule has 0 spiro atoms. The molecule has 208 valence electrons. The third kappa shape index (κ3) is 7.00. The lowest BCUT2D eigenvalue weighted by molar-refractivity contribution is -0.125. The zero-order valence-corrected chi connectivity index (χ0v) is 22.9. The number of hydrogen-bond acceptors (Lipinski definition) is 7. The molecule has 0 aliphatic carbocycles. The molecule has 1 aromatic heterocycles. The summed E-state index contributed by atoms with van der Waals surface area (Å²) >= 11 is 0. The molecule has 4 rings (SSSR count). The number of carbonyl (C=O) groups is 2. The van der Waals surface area contributed by atoms with Gasteiger partial charge in [-0.05, 0) is 43.1 Å². The summed E-state index contributed by atoms with van der Waals surface area (Å²) in [5.41, 5.74) is 13.2. The standard InChI is InChI=1S/C27H42N8O3/c1-18(2)25(29)32-27(37)33-10-6-20(7-11-33)19(3)8-12-38-22-13-30-26(31-14-22)35-16-21(23(28)17-35)15-34-9-4-5-24(34)36/h13-15,18-20,23H,4-12,16-17,28H2,1-3H3,(H2,29,32,37). The van der Waals surface area contributed by atoms with E-state index in [2.05, 4.69) is 21.9 Å². The third-order valence-corrected chi connectivity index (χ3v) is 7.87. The van der Waals surface area contributed by atoms with Crippen LogP contribution >= 0.6 is 0 Å². The van der Waals surface area contributed by atoms with E-state index in [1.165, 1.54) is 0 Å². The van der Waals surface area contributed by atoms with Crippen molar-refractivity contribution in [2.24, 2.45) is 34.2 Å². The van der Waals surface area contributed by atoms with E-state index in [0.717, 1.165) is 37.8 Å². The summed E-state index contributed by atoms with van der Waals surface area (Å²) in [6, 6.07) is -0.362. The maximum absolute atomic E-state index is 12.3. The smallest absolute Gasteiger partial charge is 0.345 e. The van der Waals surface area contributed by atoms with Crippen LogP contribution in [0.4, 0.5) is 10.7 Å². The zero-order chi connectivity index (χ0) is 27.2. The molecule has 11 heteroatoms. The minimum absolute atomic E-state index is 0.0688. The molecule has 2 atom stereocenters. The fourth-order valence-electron chi connectivity index (χ4n) is 5.17. The molecule has 4 N–H and O–H groups in total. The van der Waals surface area contributed by atoms with Crippen molar-refractivity contribution in [3.05, 3.63) is 24.2 Å². The molecule has 2 unspecified atom stereocenters. The number of likely N-dealkylation sites (tertiary alicyclic amines) is 2.